The average molecular weight is 528 g/mol. The number of nitrogens with zero attached hydrogens (tertiary/aromatic N) is 1. The quantitative estimate of drug-likeness (QED) is 0.278. The van der Waals surface area contributed by atoms with Gasteiger partial charge in [0.05, 0.1) is 10.9 Å². The van der Waals surface area contributed by atoms with Crippen LogP contribution in [0, 0.1) is 17.3 Å². The molecule has 2 rings (SSSR count). The lowest BCUT2D eigenvalue weighted by Crippen LogP contribution is -2.68. The van der Waals surface area contributed by atoms with Crippen LogP contribution in [0.15, 0.2) is 29.2 Å². The number of ether oxygens (including phenoxy) is 2. The third kappa shape index (κ3) is 6.61. The van der Waals surface area contributed by atoms with Crippen molar-refractivity contribution in [2.75, 3.05) is 12.4 Å². The number of primary amides is 1. The molecule has 1 aliphatic heterocycles. The zero-order valence-electron chi connectivity index (χ0n) is 20.7. The van der Waals surface area contributed by atoms with E-state index in [4.69, 9.17) is 15.2 Å². The Morgan fingerprint density at radius 2 is 1.91 bits per heavy atom. The lowest BCUT2D eigenvalue weighted by Gasteiger charge is -2.51. The molecule has 1 heterocycles. The number of nitrogens with two attached hydrogens (primary N) is 1. The molecule has 2 amide bonds. The molecule has 194 valence electrons. The number of sulfonamides is 1. The van der Waals surface area contributed by atoms with Crippen LogP contribution in [-0.2, 0) is 19.6 Å². The predicted octanol–water partition coefficient (Wildman–Crippen LogP) is 2.36. The summed E-state index contributed by atoms with van der Waals surface area (Å²) in [5.41, 5.74) is 6.19. The fraction of sp³-hybridized carbons (Fsp3) is 0.565. The minimum absolute atomic E-state index is 0.0957. The van der Waals surface area contributed by atoms with Gasteiger partial charge in [0.15, 0.2) is 0 Å². The van der Waals surface area contributed by atoms with Gasteiger partial charge in [-0.05, 0) is 45.0 Å². The highest BCUT2D eigenvalue weighted by atomic mass is 32.2. The molecule has 2 unspecified atom stereocenters. The smallest absolute Gasteiger partial charge is 0.404 e. The Bertz CT molecular complexity index is 1090. The van der Waals surface area contributed by atoms with Gasteiger partial charge in [0.1, 0.15) is 24.5 Å². The first-order chi connectivity index (χ1) is 16.2. The first-order valence-corrected chi connectivity index (χ1v) is 13.3. The first kappa shape index (κ1) is 28.8. The topological polar surface area (TPSA) is 148 Å². The Morgan fingerprint density at radius 3 is 2.40 bits per heavy atom. The van der Waals surface area contributed by atoms with Crippen LogP contribution in [0.25, 0.3) is 0 Å². The molecule has 1 aliphatic rings. The molecular formula is C23H33N3O7S2. The molecule has 0 spiro atoms. The van der Waals surface area contributed by atoms with Crippen molar-refractivity contribution in [2.45, 2.75) is 69.4 Å². The number of carbonyl (C=O) groups excluding carboxylic acids is 2. The van der Waals surface area contributed by atoms with Crippen LogP contribution >= 0.6 is 11.8 Å². The van der Waals surface area contributed by atoms with E-state index < -0.39 is 50.4 Å². The van der Waals surface area contributed by atoms with Crippen molar-refractivity contribution in [3.63, 3.8) is 0 Å². The zero-order valence-corrected chi connectivity index (χ0v) is 22.3. The lowest BCUT2D eigenvalue weighted by molar-refractivity contribution is -0.136. The molecule has 1 aromatic rings. The Kier molecular flexibility index (Phi) is 9.10. The summed E-state index contributed by atoms with van der Waals surface area (Å²) in [6, 6.07) is 3.44. The number of nitrogens with one attached hydrogen (secondary N) is 1. The Labute approximate surface area is 210 Å². The summed E-state index contributed by atoms with van der Waals surface area (Å²) in [5, 5.41) is 9.48. The number of hydrogen-bond donors (Lipinski definition) is 3. The molecule has 10 nitrogen and oxygen atoms in total. The van der Waals surface area contributed by atoms with E-state index in [2.05, 4.69) is 11.8 Å². The summed E-state index contributed by atoms with van der Waals surface area (Å²) in [6.07, 6.45) is -2.04. The van der Waals surface area contributed by atoms with Crippen molar-refractivity contribution < 1.29 is 32.7 Å². The van der Waals surface area contributed by atoms with Gasteiger partial charge in [-0.15, -0.1) is 5.92 Å². The lowest BCUT2D eigenvalue weighted by atomic mass is 9.84. The molecule has 0 bridgehead atoms. The fourth-order valence-corrected chi connectivity index (χ4v) is 7.34. The van der Waals surface area contributed by atoms with Crippen LogP contribution in [0.1, 0.15) is 41.5 Å². The molecule has 0 aromatic heterocycles. The van der Waals surface area contributed by atoms with Gasteiger partial charge in [-0.3, -0.25) is 10.0 Å². The van der Waals surface area contributed by atoms with Crippen LogP contribution in [0.4, 0.5) is 4.79 Å². The van der Waals surface area contributed by atoms with Gasteiger partial charge >= 0.3 is 6.09 Å². The van der Waals surface area contributed by atoms with E-state index in [1.807, 2.05) is 0 Å². The molecule has 12 heteroatoms. The number of hydroxylamine groups is 1. The van der Waals surface area contributed by atoms with Crippen molar-refractivity contribution in [1.82, 2.24) is 9.79 Å². The molecule has 35 heavy (non-hydrogen) atoms. The summed E-state index contributed by atoms with van der Waals surface area (Å²) in [7, 11) is -4.34. The maximum absolute atomic E-state index is 14.0. The summed E-state index contributed by atoms with van der Waals surface area (Å²) in [6.45, 7) is 10.6. The van der Waals surface area contributed by atoms with Gasteiger partial charge in [0.25, 0.3) is 5.91 Å². The second-order valence-corrected chi connectivity index (χ2v) is 13.1. The average Bonchev–Trinajstić information content (AvgIpc) is 2.76. The zero-order chi connectivity index (χ0) is 26.6. The molecule has 0 aliphatic carbocycles. The van der Waals surface area contributed by atoms with E-state index >= 15 is 0 Å². The van der Waals surface area contributed by atoms with E-state index in [1.54, 1.807) is 47.0 Å². The number of thioether (sulfide) groups is 1. The van der Waals surface area contributed by atoms with E-state index in [1.165, 1.54) is 36.0 Å². The largest absolute Gasteiger partial charge is 0.481 e. The molecule has 4 N–H and O–H groups in total. The third-order valence-corrected chi connectivity index (χ3v) is 8.94. The molecule has 0 saturated carbocycles. The van der Waals surface area contributed by atoms with Crippen LogP contribution in [0.3, 0.4) is 0 Å². The van der Waals surface area contributed by atoms with E-state index in [0.29, 0.717) is 5.75 Å². The Hall–Kier alpha value is -2.46. The minimum Gasteiger partial charge on any atom is -0.481 e. The van der Waals surface area contributed by atoms with Crippen LogP contribution in [0.2, 0.25) is 0 Å². The van der Waals surface area contributed by atoms with E-state index in [-0.39, 0.29) is 17.3 Å². The first-order valence-electron chi connectivity index (χ1n) is 10.9. The molecule has 1 saturated heterocycles. The molecular weight excluding hydrogens is 494 g/mol. The van der Waals surface area contributed by atoms with Crippen molar-refractivity contribution >= 4 is 33.8 Å². The van der Waals surface area contributed by atoms with Gasteiger partial charge < -0.3 is 15.2 Å². The molecule has 1 fully saturated rings. The summed E-state index contributed by atoms with van der Waals surface area (Å²) < 4.78 is 39.0. The van der Waals surface area contributed by atoms with Gasteiger partial charge in [0.2, 0.25) is 10.0 Å². The van der Waals surface area contributed by atoms with Crippen molar-refractivity contribution in [2.24, 2.45) is 11.1 Å². The van der Waals surface area contributed by atoms with Gasteiger partial charge in [-0.25, -0.2) is 18.7 Å². The summed E-state index contributed by atoms with van der Waals surface area (Å²) in [4.78, 5) is 24.5. The molecule has 0 radical (unpaired) electrons. The predicted molar refractivity (Wildman–Crippen MR) is 132 cm³/mol. The maximum atomic E-state index is 14.0. The van der Waals surface area contributed by atoms with Gasteiger partial charge in [-0.2, -0.15) is 16.1 Å². The number of hydrogen-bond acceptors (Lipinski definition) is 8. The maximum Gasteiger partial charge on any atom is 0.404 e. The van der Waals surface area contributed by atoms with Crippen molar-refractivity contribution in [3.8, 4) is 17.6 Å². The van der Waals surface area contributed by atoms with Crippen molar-refractivity contribution in [1.29, 1.82) is 0 Å². The Morgan fingerprint density at radius 1 is 1.31 bits per heavy atom. The highest BCUT2D eigenvalue weighted by molar-refractivity contribution is 8.01. The van der Waals surface area contributed by atoms with E-state index in [9.17, 15) is 23.2 Å². The van der Waals surface area contributed by atoms with Crippen molar-refractivity contribution in [3.05, 3.63) is 24.3 Å². The third-order valence-electron chi connectivity index (χ3n) is 5.56. The summed E-state index contributed by atoms with van der Waals surface area (Å²) in [5.74, 6) is 5.19. The van der Waals surface area contributed by atoms with Gasteiger partial charge in [-0.1, -0.05) is 26.7 Å². The van der Waals surface area contributed by atoms with Crippen LogP contribution in [-0.4, -0.2) is 65.2 Å². The Balaban J connectivity index is 2.65. The highest BCUT2D eigenvalue weighted by Crippen LogP contribution is 2.44. The minimum atomic E-state index is -4.34. The summed E-state index contributed by atoms with van der Waals surface area (Å²) >= 11 is 1.34. The second-order valence-electron chi connectivity index (χ2n) is 9.61. The number of amides is 2. The normalized spacial score (nSPS) is 21.2. The fourth-order valence-electron chi connectivity index (χ4n) is 3.96. The number of carbonyl (C=O) groups is 2. The standard InChI is InChI=1S/C23H33N3O7S2/c1-7-8-13-32-15-9-11-16(12-10-15)35(30,31)26-17(19(22(2,3)4)33-21(24)28)14-34-23(5,6)18(26)20(27)25-29/h9-12,17-19,29H,13-14H2,1-6H3,(H2,24,28)(H,25,27)/t17?,18-,19?/m0/s1. The second kappa shape index (κ2) is 11.1. The SMILES string of the molecule is CC#CCOc1ccc(S(=O)(=O)N2C(C(OC(N)=O)C(C)(C)C)CSC(C)(C)[C@@H]2C(=O)NO)cc1. The van der Waals surface area contributed by atoms with Crippen LogP contribution in [0.5, 0.6) is 5.75 Å². The van der Waals surface area contributed by atoms with Crippen LogP contribution < -0.4 is 16.0 Å². The number of benzene rings is 1. The molecule has 3 atom stereocenters. The highest BCUT2D eigenvalue weighted by Gasteiger charge is 2.56. The monoisotopic (exact) mass is 527 g/mol. The molecule has 1 aromatic carbocycles. The number of rotatable bonds is 7. The van der Waals surface area contributed by atoms with Gasteiger partial charge in [0, 0.05) is 15.9 Å². The van der Waals surface area contributed by atoms with E-state index in [0.717, 1.165) is 4.31 Å².